The third kappa shape index (κ3) is 1.58. The van der Waals surface area contributed by atoms with E-state index in [9.17, 15) is 5.11 Å². The lowest BCUT2D eigenvalue weighted by Gasteiger charge is -2.29. The minimum absolute atomic E-state index is 0.0521. The Labute approximate surface area is 100 Å². The Morgan fingerprint density at radius 2 is 2.35 bits per heavy atom. The first-order chi connectivity index (χ1) is 8.19. The van der Waals surface area contributed by atoms with Gasteiger partial charge in [0.2, 0.25) is 0 Å². The van der Waals surface area contributed by atoms with Crippen LogP contribution >= 0.6 is 0 Å². The van der Waals surface area contributed by atoms with Gasteiger partial charge in [-0.25, -0.2) is 0 Å². The van der Waals surface area contributed by atoms with E-state index < -0.39 is 5.60 Å². The summed E-state index contributed by atoms with van der Waals surface area (Å²) in [5.74, 6) is 0.0521. The molecular formula is C14H15NO2. The summed E-state index contributed by atoms with van der Waals surface area (Å²) in [6.45, 7) is 1.84. The van der Waals surface area contributed by atoms with Crippen LogP contribution in [0.15, 0.2) is 41.3 Å². The van der Waals surface area contributed by atoms with E-state index in [0.717, 1.165) is 24.1 Å². The maximum Gasteiger partial charge on any atom is 0.0982 e. The lowest BCUT2D eigenvalue weighted by atomic mass is 9.82. The lowest BCUT2D eigenvalue weighted by Crippen LogP contribution is -2.28. The second-order valence-corrected chi connectivity index (χ2v) is 4.80. The summed E-state index contributed by atoms with van der Waals surface area (Å²) in [5.41, 5.74) is 2.19. The summed E-state index contributed by atoms with van der Waals surface area (Å²) in [4.78, 5) is 4.43. The van der Waals surface area contributed by atoms with E-state index in [1.165, 1.54) is 5.56 Å². The van der Waals surface area contributed by atoms with Crippen LogP contribution in [-0.4, -0.2) is 10.1 Å². The zero-order valence-electron chi connectivity index (χ0n) is 9.76. The van der Waals surface area contributed by atoms with Gasteiger partial charge < -0.3 is 9.52 Å². The van der Waals surface area contributed by atoms with Crippen LogP contribution in [0, 0.1) is 0 Å². The molecule has 0 spiro atoms. The van der Waals surface area contributed by atoms with Gasteiger partial charge in [0, 0.05) is 23.4 Å². The van der Waals surface area contributed by atoms with E-state index >= 15 is 0 Å². The van der Waals surface area contributed by atoms with Crippen molar-refractivity contribution in [2.75, 3.05) is 0 Å². The first-order valence-electron chi connectivity index (χ1n) is 5.88. The van der Waals surface area contributed by atoms with Gasteiger partial charge >= 0.3 is 0 Å². The van der Waals surface area contributed by atoms with Gasteiger partial charge in [-0.05, 0) is 37.5 Å². The highest BCUT2D eigenvalue weighted by atomic mass is 16.3. The van der Waals surface area contributed by atoms with Crippen molar-refractivity contribution >= 4 is 0 Å². The Balaban J connectivity index is 2.02. The molecule has 0 fully saturated rings. The van der Waals surface area contributed by atoms with Crippen LogP contribution < -0.4 is 0 Å². The molecule has 1 aliphatic carbocycles. The molecule has 1 aliphatic rings. The van der Waals surface area contributed by atoms with Gasteiger partial charge in [0.1, 0.15) is 0 Å². The molecule has 2 aromatic heterocycles. The predicted octanol–water partition coefficient (Wildman–Crippen LogP) is 2.61. The van der Waals surface area contributed by atoms with Crippen molar-refractivity contribution in [3.63, 3.8) is 0 Å². The highest BCUT2D eigenvalue weighted by Crippen LogP contribution is 2.44. The topological polar surface area (TPSA) is 46.3 Å². The Kier molecular flexibility index (Phi) is 2.30. The first kappa shape index (κ1) is 10.5. The lowest BCUT2D eigenvalue weighted by molar-refractivity contribution is 0.0251. The van der Waals surface area contributed by atoms with E-state index in [1.54, 1.807) is 18.7 Å². The molecule has 1 N–H and O–H groups in total. The summed E-state index contributed by atoms with van der Waals surface area (Å²) in [5, 5.41) is 10.7. The highest BCUT2D eigenvalue weighted by molar-refractivity contribution is 5.34. The van der Waals surface area contributed by atoms with Crippen LogP contribution in [0.2, 0.25) is 0 Å². The second-order valence-electron chi connectivity index (χ2n) is 4.80. The smallest absolute Gasteiger partial charge is 0.0982 e. The number of fused-ring (bicyclic) bond motifs is 1. The van der Waals surface area contributed by atoms with Crippen molar-refractivity contribution in [2.45, 2.75) is 31.3 Å². The van der Waals surface area contributed by atoms with Gasteiger partial charge in [-0.15, -0.1) is 0 Å². The standard InChI is InChI=1S/C14H15NO2/c1-14(16,11-6-8-17-9-11)12-5-4-10-3-2-7-15-13(10)12/h2-3,6-9,12,16H,4-5H2,1H3. The summed E-state index contributed by atoms with van der Waals surface area (Å²) >= 11 is 0. The molecule has 0 amide bonds. The third-order valence-corrected chi connectivity index (χ3v) is 3.74. The van der Waals surface area contributed by atoms with Gasteiger partial charge in [-0.1, -0.05) is 6.07 Å². The third-order valence-electron chi connectivity index (χ3n) is 3.74. The SMILES string of the molecule is CC(O)(c1ccoc1)C1CCc2cccnc21. The van der Waals surface area contributed by atoms with Crippen LogP contribution in [0.3, 0.4) is 0 Å². The summed E-state index contributed by atoms with van der Waals surface area (Å²) in [6, 6.07) is 5.86. The number of aromatic nitrogens is 1. The van der Waals surface area contributed by atoms with Crippen molar-refractivity contribution in [3.05, 3.63) is 53.7 Å². The molecule has 3 rings (SSSR count). The van der Waals surface area contributed by atoms with Crippen LogP contribution in [-0.2, 0) is 12.0 Å². The molecule has 0 saturated heterocycles. The molecule has 0 radical (unpaired) electrons. The van der Waals surface area contributed by atoms with Crippen molar-refractivity contribution in [2.24, 2.45) is 0 Å². The largest absolute Gasteiger partial charge is 0.472 e. The van der Waals surface area contributed by atoms with Crippen molar-refractivity contribution in [1.29, 1.82) is 0 Å². The zero-order valence-corrected chi connectivity index (χ0v) is 9.76. The maximum absolute atomic E-state index is 10.7. The molecular weight excluding hydrogens is 214 g/mol. The molecule has 0 bridgehead atoms. The van der Waals surface area contributed by atoms with Gasteiger partial charge in [-0.2, -0.15) is 0 Å². The number of nitrogens with zero attached hydrogens (tertiary/aromatic N) is 1. The summed E-state index contributed by atoms with van der Waals surface area (Å²) < 4.78 is 5.07. The van der Waals surface area contributed by atoms with Gasteiger partial charge in [0.05, 0.1) is 18.1 Å². The Bertz CT molecular complexity index is 517. The molecule has 0 aliphatic heterocycles. The second kappa shape index (κ2) is 3.70. The Hall–Kier alpha value is -1.61. The summed E-state index contributed by atoms with van der Waals surface area (Å²) in [6.07, 6.45) is 6.92. The van der Waals surface area contributed by atoms with Gasteiger partial charge in [-0.3, -0.25) is 4.98 Å². The highest BCUT2D eigenvalue weighted by Gasteiger charge is 2.40. The minimum atomic E-state index is -0.910. The summed E-state index contributed by atoms with van der Waals surface area (Å²) in [7, 11) is 0. The molecule has 2 unspecified atom stereocenters. The average molecular weight is 229 g/mol. The van der Waals surface area contributed by atoms with Crippen LogP contribution in [0.25, 0.3) is 0 Å². The van der Waals surface area contributed by atoms with E-state index in [0.29, 0.717) is 0 Å². The van der Waals surface area contributed by atoms with Gasteiger partial charge in [0.15, 0.2) is 0 Å². The molecule has 17 heavy (non-hydrogen) atoms. The van der Waals surface area contributed by atoms with Crippen molar-refractivity contribution in [1.82, 2.24) is 4.98 Å². The molecule has 0 aromatic carbocycles. The number of pyridine rings is 1. The van der Waals surface area contributed by atoms with E-state index in [1.807, 2.05) is 19.1 Å². The molecule has 0 saturated carbocycles. The first-order valence-corrected chi connectivity index (χ1v) is 5.88. The molecule has 2 heterocycles. The molecule has 2 atom stereocenters. The number of hydrogen-bond acceptors (Lipinski definition) is 3. The fraction of sp³-hybridized carbons (Fsp3) is 0.357. The number of aryl methyl sites for hydroxylation is 1. The Morgan fingerprint density at radius 3 is 3.12 bits per heavy atom. The van der Waals surface area contributed by atoms with Crippen LogP contribution in [0.1, 0.15) is 36.1 Å². The van der Waals surface area contributed by atoms with E-state index in [2.05, 4.69) is 11.1 Å². The normalized spacial score (nSPS) is 22.1. The molecule has 88 valence electrons. The van der Waals surface area contributed by atoms with Crippen LogP contribution in [0.4, 0.5) is 0 Å². The minimum Gasteiger partial charge on any atom is -0.472 e. The number of aliphatic hydroxyl groups is 1. The zero-order chi connectivity index (χ0) is 11.9. The maximum atomic E-state index is 10.7. The predicted molar refractivity (Wildman–Crippen MR) is 63.6 cm³/mol. The average Bonchev–Trinajstić information content (AvgIpc) is 2.99. The number of rotatable bonds is 2. The monoisotopic (exact) mass is 229 g/mol. The van der Waals surface area contributed by atoms with Crippen molar-refractivity contribution < 1.29 is 9.52 Å². The Morgan fingerprint density at radius 1 is 1.47 bits per heavy atom. The van der Waals surface area contributed by atoms with E-state index in [4.69, 9.17) is 4.42 Å². The quantitative estimate of drug-likeness (QED) is 0.861. The number of hydrogen-bond donors (Lipinski definition) is 1. The van der Waals surface area contributed by atoms with Gasteiger partial charge in [0.25, 0.3) is 0 Å². The number of furan rings is 1. The van der Waals surface area contributed by atoms with Crippen LogP contribution in [0.5, 0.6) is 0 Å². The molecule has 2 aromatic rings. The van der Waals surface area contributed by atoms with E-state index in [-0.39, 0.29) is 5.92 Å². The molecule has 3 heteroatoms. The fourth-order valence-electron chi connectivity index (χ4n) is 2.71. The van der Waals surface area contributed by atoms with Crippen molar-refractivity contribution in [3.8, 4) is 0 Å². The molecule has 3 nitrogen and oxygen atoms in total. The fourth-order valence-corrected chi connectivity index (χ4v) is 2.71.